The van der Waals surface area contributed by atoms with Gasteiger partial charge in [0.1, 0.15) is 0 Å². The highest BCUT2D eigenvalue weighted by atomic mass is 35.5. The van der Waals surface area contributed by atoms with Gasteiger partial charge in [-0.1, -0.05) is 0 Å². The van der Waals surface area contributed by atoms with Crippen molar-refractivity contribution in [2.24, 2.45) is 5.73 Å². The Morgan fingerprint density at radius 3 is 2.47 bits per heavy atom. The molecule has 17 heavy (non-hydrogen) atoms. The SMILES string of the molecule is C[C@@H](N)c1cc(C(F)(F)F)cc2[nH]ccc12.Cl. The summed E-state index contributed by atoms with van der Waals surface area (Å²) in [5.41, 5.74) is 5.96. The van der Waals surface area contributed by atoms with E-state index in [4.69, 9.17) is 5.73 Å². The van der Waals surface area contributed by atoms with E-state index < -0.39 is 17.8 Å². The number of nitrogens with one attached hydrogen (secondary N) is 1. The van der Waals surface area contributed by atoms with Crippen molar-refractivity contribution in [3.05, 3.63) is 35.5 Å². The van der Waals surface area contributed by atoms with Gasteiger partial charge < -0.3 is 10.7 Å². The van der Waals surface area contributed by atoms with E-state index in [1.54, 1.807) is 19.2 Å². The molecule has 0 spiro atoms. The van der Waals surface area contributed by atoms with Crippen LogP contribution in [0.1, 0.15) is 24.1 Å². The number of hydrogen-bond acceptors (Lipinski definition) is 1. The summed E-state index contributed by atoms with van der Waals surface area (Å²) in [6.45, 7) is 1.67. The smallest absolute Gasteiger partial charge is 0.361 e. The molecule has 1 aromatic heterocycles. The first-order valence-corrected chi connectivity index (χ1v) is 4.83. The van der Waals surface area contributed by atoms with E-state index in [0.717, 1.165) is 17.5 Å². The van der Waals surface area contributed by atoms with Gasteiger partial charge in [-0.3, -0.25) is 0 Å². The van der Waals surface area contributed by atoms with Crippen molar-refractivity contribution >= 4 is 23.3 Å². The van der Waals surface area contributed by atoms with Gasteiger partial charge >= 0.3 is 6.18 Å². The van der Waals surface area contributed by atoms with Crippen LogP contribution in [-0.4, -0.2) is 4.98 Å². The van der Waals surface area contributed by atoms with E-state index in [1.807, 2.05) is 0 Å². The second-order valence-corrected chi connectivity index (χ2v) is 3.79. The average molecular weight is 265 g/mol. The van der Waals surface area contributed by atoms with Gasteiger partial charge in [-0.2, -0.15) is 13.2 Å². The quantitative estimate of drug-likeness (QED) is 0.811. The van der Waals surface area contributed by atoms with Crippen molar-refractivity contribution in [1.29, 1.82) is 0 Å². The Morgan fingerprint density at radius 2 is 1.94 bits per heavy atom. The zero-order chi connectivity index (χ0) is 11.9. The molecule has 94 valence electrons. The summed E-state index contributed by atoms with van der Waals surface area (Å²) >= 11 is 0. The van der Waals surface area contributed by atoms with Crippen LogP contribution in [-0.2, 0) is 6.18 Å². The molecule has 0 bridgehead atoms. The van der Waals surface area contributed by atoms with Crippen molar-refractivity contribution in [1.82, 2.24) is 4.98 Å². The number of H-pyrrole nitrogens is 1. The lowest BCUT2D eigenvalue weighted by atomic mass is 10.0. The van der Waals surface area contributed by atoms with E-state index in [-0.39, 0.29) is 12.4 Å². The van der Waals surface area contributed by atoms with Gasteiger partial charge in [0.15, 0.2) is 0 Å². The number of aromatic nitrogens is 1. The number of halogens is 4. The monoisotopic (exact) mass is 264 g/mol. The molecule has 1 heterocycles. The van der Waals surface area contributed by atoms with Crippen molar-refractivity contribution < 1.29 is 13.2 Å². The average Bonchev–Trinajstić information content (AvgIpc) is 2.61. The van der Waals surface area contributed by atoms with Gasteiger partial charge in [-0.15, -0.1) is 12.4 Å². The Bertz CT molecular complexity index is 517. The van der Waals surface area contributed by atoms with Crippen molar-refractivity contribution in [3.63, 3.8) is 0 Å². The van der Waals surface area contributed by atoms with Gasteiger partial charge in [0, 0.05) is 23.1 Å². The zero-order valence-electron chi connectivity index (χ0n) is 9.01. The van der Waals surface area contributed by atoms with Gasteiger partial charge in [0.25, 0.3) is 0 Å². The highest BCUT2D eigenvalue weighted by Crippen LogP contribution is 2.34. The molecule has 3 N–H and O–H groups in total. The molecule has 1 aromatic carbocycles. The molecule has 2 nitrogen and oxygen atoms in total. The fourth-order valence-electron chi connectivity index (χ4n) is 1.74. The third-order valence-electron chi connectivity index (χ3n) is 2.52. The highest BCUT2D eigenvalue weighted by Gasteiger charge is 2.31. The molecule has 0 saturated carbocycles. The third kappa shape index (κ3) is 2.56. The van der Waals surface area contributed by atoms with Crippen LogP contribution in [0.5, 0.6) is 0 Å². The number of nitrogens with two attached hydrogens (primary N) is 1. The minimum absolute atomic E-state index is 0. The molecular formula is C11H12ClF3N2. The minimum atomic E-state index is -4.34. The molecule has 1 atom stereocenters. The lowest BCUT2D eigenvalue weighted by Gasteiger charge is -2.12. The largest absolute Gasteiger partial charge is 0.416 e. The Morgan fingerprint density at radius 1 is 1.29 bits per heavy atom. The summed E-state index contributed by atoms with van der Waals surface area (Å²) in [5, 5.41) is 0.739. The maximum absolute atomic E-state index is 12.6. The Balaban J connectivity index is 0.00000144. The predicted molar refractivity (Wildman–Crippen MR) is 63.2 cm³/mol. The Labute approximate surface area is 102 Å². The van der Waals surface area contributed by atoms with Crippen molar-refractivity contribution in [2.45, 2.75) is 19.1 Å². The van der Waals surface area contributed by atoms with Crippen LogP contribution in [0.3, 0.4) is 0 Å². The molecule has 0 amide bonds. The Kier molecular flexibility index (Phi) is 3.74. The normalized spacial score (nSPS) is 13.5. The van der Waals surface area contributed by atoms with E-state index in [1.165, 1.54) is 0 Å². The topological polar surface area (TPSA) is 41.8 Å². The standard InChI is InChI=1S/C11H11F3N2.ClH/c1-6(15)9-4-7(11(12,13)14)5-10-8(9)2-3-16-10;/h2-6,16H,15H2,1H3;1H/t6-;/m1./s1. The molecule has 0 aliphatic rings. The molecule has 0 aliphatic carbocycles. The molecule has 0 saturated heterocycles. The number of aromatic amines is 1. The predicted octanol–water partition coefficient (Wildman–Crippen LogP) is 3.63. The highest BCUT2D eigenvalue weighted by molar-refractivity contribution is 5.85. The maximum atomic E-state index is 12.6. The summed E-state index contributed by atoms with van der Waals surface area (Å²) in [7, 11) is 0. The molecule has 2 rings (SSSR count). The number of benzene rings is 1. The van der Waals surface area contributed by atoms with Crippen molar-refractivity contribution in [2.75, 3.05) is 0 Å². The van der Waals surface area contributed by atoms with Crippen molar-refractivity contribution in [3.8, 4) is 0 Å². The lowest BCUT2D eigenvalue weighted by Crippen LogP contribution is -2.10. The van der Waals surface area contributed by atoms with Crippen LogP contribution in [0.4, 0.5) is 13.2 Å². The number of alkyl halides is 3. The summed E-state index contributed by atoms with van der Waals surface area (Å²) < 4.78 is 37.8. The molecule has 0 aliphatic heterocycles. The molecule has 6 heteroatoms. The van der Waals surface area contributed by atoms with E-state index in [2.05, 4.69) is 4.98 Å². The maximum Gasteiger partial charge on any atom is 0.416 e. The molecule has 0 unspecified atom stereocenters. The van der Waals surface area contributed by atoms with Gasteiger partial charge in [-0.05, 0) is 30.7 Å². The van der Waals surface area contributed by atoms with Crippen LogP contribution in [0.2, 0.25) is 0 Å². The number of rotatable bonds is 1. The summed E-state index contributed by atoms with van der Waals surface area (Å²) in [4.78, 5) is 2.77. The van der Waals surface area contributed by atoms with Crippen LogP contribution in [0.25, 0.3) is 10.9 Å². The summed E-state index contributed by atoms with van der Waals surface area (Å²) in [5.74, 6) is 0. The first kappa shape index (κ1) is 13.9. The lowest BCUT2D eigenvalue weighted by molar-refractivity contribution is -0.137. The molecule has 2 aromatic rings. The Hall–Kier alpha value is -1.20. The second kappa shape index (κ2) is 4.58. The number of hydrogen-bond donors (Lipinski definition) is 2. The van der Waals surface area contributed by atoms with Gasteiger partial charge in [-0.25, -0.2) is 0 Å². The van der Waals surface area contributed by atoms with Crippen LogP contribution >= 0.6 is 12.4 Å². The summed E-state index contributed by atoms with van der Waals surface area (Å²) in [6, 6.07) is 3.51. The zero-order valence-corrected chi connectivity index (χ0v) is 9.82. The van der Waals surface area contributed by atoms with Crippen LogP contribution in [0.15, 0.2) is 24.4 Å². The van der Waals surface area contributed by atoms with E-state index >= 15 is 0 Å². The van der Waals surface area contributed by atoms with Crippen LogP contribution in [0, 0.1) is 0 Å². The number of fused-ring (bicyclic) bond motifs is 1. The third-order valence-corrected chi connectivity index (χ3v) is 2.52. The molecule has 0 radical (unpaired) electrons. The summed E-state index contributed by atoms with van der Waals surface area (Å²) in [6.07, 6.45) is -2.74. The fourth-order valence-corrected chi connectivity index (χ4v) is 1.74. The van der Waals surface area contributed by atoms with Gasteiger partial charge in [0.2, 0.25) is 0 Å². The van der Waals surface area contributed by atoms with Gasteiger partial charge in [0.05, 0.1) is 5.56 Å². The van der Waals surface area contributed by atoms with E-state index in [0.29, 0.717) is 11.1 Å². The fraction of sp³-hybridized carbons (Fsp3) is 0.273. The minimum Gasteiger partial charge on any atom is -0.361 e. The molecular weight excluding hydrogens is 253 g/mol. The second-order valence-electron chi connectivity index (χ2n) is 3.79. The van der Waals surface area contributed by atoms with E-state index in [9.17, 15) is 13.2 Å². The molecule has 0 fully saturated rings. The van der Waals surface area contributed by atoms with Crippen LogP contribution < -0.4 is 5.73 Å². The first-order chi connectivity index (χ1) is 7.39. The first-order valence-electron chi connectivity index (χ1n) is 4.83.